The fourth-order valence-electron chi connectivity index (χ4n) is 2.98. The molecule has 2 aliphatic rings. The van der Waals surface area contributed by atoms with E-state index < -0.39 is 0 Å². The second-order valence-corrected chi connectivity index (χ2v) is 5.92. The van der Waals surface area contributed by atoms with Crippen LogP contribution in [-0.4, -0.2) is 50.3 Å². The van der Waals surface area contributed by atoms with Gasteiger partial charge in [0.05, 0.1) is 6.61 Å². The lowest BCUT2D eigenvalue weighted by Crippen LogP contribution is -2.39. The molecule has 0 radical (unpaired) electrons. The molecule has 1 fully saturated rings. The minimum atomic E-state index is 0.0624. The van der Waals surface area contributed by atoms with Crippen LogP contribution in [0.2, 0.25) is 0 Å². The molecule has 0 atom stereocenters. The highest BCUT2D eigenvalue weighted by Gasteiger charge is 2.24. The predicted octanol–water partition coefficient (Wildman–Crippen LogP) is 2.51. The van der Waals surface area contributed by atoms with Gasteiger partial charge in [-0.3, -0.25) is 4.79 Å². The maximum Gasteiger partial charge on any atom is 0.253 e. The van der Waals surface area contributed by atoms with Crippen LogP contribution in [0.25, 0.3) is 0 Å². The molecule has 1 saturated heterocycles. The third-order valence-corrected chi connectivity index (χ3v) is 4.28. The van der Waals surface area contributed by atoms with Crippen molar-refractivity contribution in [2.24, 2.45) is 5.92 Å². The number of piperidine rings is 1. The molecule has 23 heavy (non-hydrogen) atoms. The van der Waals surface area contributed by atoms with E-state index in [9.17, 15) is 4.79 Å². The Bertz CT molecular complexity index is 564. The van der Waals surface area contributed by atoms with Crippen LogP contribution >= 0.6 is 0 Å². The Morgan fingerprint density at radius 1 is 1.26 bits per heavy atom. The Kier molecular flexibility index (Phi) is 5.18. The number of ether oxygens (including phenoxy) is 3. The van der Waals surface area contributed by atoms with Crippen molar-refractivity contribution in [1.29, 1.82) is 0 Å². The van der Waals surface area contributed by atoms with Gasteiger partial charge < -0.3 is 19.1 Å². The maximum atomic E-state index is 12.6. The Balaban J connectivity index is 1.56. The zero-order chi connectivity index (χ0) is 16.1. The van der Waals surface area contributed by atoms with E-state index in [1.807, 2.05) is 17.0 Å². The van der Waals surface area contributed by atoms with Gasteiger partial charge in [-0.05, 0) is 37.0 Å². The molecule has 0 aromatic heterocycles. The fourth-order valence-corrected chi connectivity index (χ4v) is 2.98. The highest BCUT2D eigenvalue weighted by molar-refractivity contribution is 5.95. The smallest absolute Gasteiger partial charge is 0.253 e. The van der Waals surface area contributed by atoms with Crippen molar-refractivity contribution < 1.29 is 19.0 Å². The lowest BCUT2D eigenvalue weighted by molar-refractivity contribution is 0.0575. The average molecular weight is 317 g/mol. The van der Waals surface area contributed by atoms with Crippen LogP contribution in [0.4, 0.5) is 0 Å². The number of amides is 1. The van der Waals surface area contributed by atoms with Gasteiger partial charge in [-0.1, -0.05) is 6.08 Å². The summed E-state index contributed by atoms with van der Waals surface area (Å²) in [6.07, 6.45) is 3.72. The van der Waals surface area contributed by atoms with E-state index in [1.165, 1.54) is 0 Å². The third kappa shape index (κ3) is 3.85. The number of benzene rings is 1. The maximum absolute atomic E-state index is 12.6. The first-order chi connectivity index (χ1) is 11.3. The number of nitrogens with zero attached hydrogens (tertiary/aromatic N) is 1. The molecule has 5 heteroatoms. The van der Waals surface area contributed by atoms with E-state index in [0.717, 1.165) is 32.5 Å². The standard InChI is InChI=1S/C18H23NO4/c1-2-9-21-13-14-5-7-19(8-6-14)18(20)15-3-4-16-17(12-15)23-11-10-22-16/h2-4,12,14H,1,5-11,13H2. The first kappa shape index (κ1) is 15.9. The molecule has 3 rings (SSSR count). The molecule has 2 aliphatic heterocycles. The number of hydrogen-bond acceptors (Lipinski definition) is 4. The van der Waals surface area contributed by atoms with E-state index in [2.05, 4.69) is 6.58 Å². The molecule has 0 N–H and O–H groups in total. The van der Waals surface area contributed by atoms with Gasteiger partial charge in [0.15, 0.2) is 11.5 Å². The summed E-state index contributed by atoms with van der Waals surface area (Å²) < 4.78 is 16.6. The van der Waals surface area contributed by atoms with E-state index in [-0.39, 0.29) is 5.91 Å². The van der Waals surface area contributed by atoms with Gasteiger partial charge in [0.25, 0.3) is 5.91 Å². The molecule has 0 bridgehead atoms. The Morgan fingerprint density at radius 3 is 2.74 bits per heavy atom. The van der Waals surface area contributed by atoms with Crippen molar-refractivity contribution in [3.63, 3.8) is 0 Å². The lowest BCUT2D eigenvalue weighted by Gasteiger charge is -2.32. The molecular weight excluding hydrogens is 294 g/mol. The summed E-state index contributed by atoms with van der Waals surface area (Å²) in [5.41, 5.74) is 0.663. The SMILES string of the molecule is C=CCOCC1CCN(C(=O)c2ccc3c(c2)OCCO3)CC1. The van der Waals surface area contributed by atoms with Crippen molar-refractivity contribution in [2.45, 2.75) is 12.8 Å². The summed E-state index contributed by atoms with van der Waals surface area (Å²) in [7, 11) is 0. The number of carbonyl (C=O) groups is 1. The zero-order valence-corrected chi connectivity index (χ0v) is 13.3. The molecule has 2 heterocycles. The van der Waals surface area contributed by atoms with Gasteiger partial charge in [-0.2, -0.15) is 0 Å². The second kappa shape index (κ2) is 7.51. The highest BCUT2D eigenvalue weighted by Crippen LogP contribution is 2.31. The Labute approximate surface area is 136 Å². The van der Waals surface area contributed by atoms with Crippen LogP contribution in [0.15, 0.2) is 30.9 Å². The van der Waals surface area contributed by atoms with Gasteiger partial charge >= 0.3 is 0 Å². The number of fused-ring (bicyclic) bond motifs is 1. The summed E-state index contributed by atoms with van der Waals surface area (Å²) >= 11 is 0. The van der Waals surface area contributed by atoms with Crippen molar-refractivity contribution in [2.75, 3.05) is 39.5 Å². The molecule has 0 aliphatic carbocycles. The van der Waals surface area contributed by atoms with Crippen LogP contribution in [0.1, 0.15) is 23.2 Å². The molecular formula is C18H23NO4. The molecule has 5 nitrogen and oxygen atoms in total. The normalized spacial score (nSPS) is 17.8. The third-order valence-electron chi connectivity index (χ3n) is 4.28. The first-order valence-electron chi connectivity index (χ1n) is 8.15. The summed E-state index contributed by atoms with van der Waals surface area (Å²) in [5.74, 6) is 1.97. The topological polar surface area (TPSA) is 48.0 Å². The van der Waals surface area contributed by atoms with Crippen molar-refractivity contribution in [3.8, 4) is 11.5 Å². The minimum Gasteiger partial charge on any atom is -0.486 e. The quantitative estimate of drug-likeness (QED) is 0.618. The number of hydrogen-bond donors (Lipinski definition) is 0. The molecule has 124 valence electrons. The molecule has 1 aromatic carbocycles. The minimum absolute atomic E-state index is 0.0624. The Morgan fingerprint density at radius 2 is 2.00 bits per heavy atom. The van der Waals surface area contributed by atoms with Crippen LogP contribution in [0.3, 0.4) is 0 Å². The van der Waals surface area contributed by atoms with E-state index in [0.29, 0.717) is 42.8 Å². The van der Waals surface area contributed by atoms with Gasteiger partial charge in [-0.15, -0.1) is 6.58 Å². The Hall–Kier alpha value is -2.01. The van der Waals surface area contributed by atoms with Gasteiger partial charge in [0, 0.05) is 25.3 Å². The van der Waals surface area contributed by atoms with E-state index in [1.54, 1.807) is 12.1 Å². The summed E-state index contributed by atoms with van der Waals surface area (Å²) in [6, 6.07) is 5.42. The lowest BCUT2D eigenvalue weighted by atomic mass is 9.97. The summed E-state index contributed by atoms with van der Waals surface area (Å²) in [5, 5.41) is 0. The predicted molar refractivity (Wildman–Crippen MR) is 87.1 cm³/mol. The first-order valence-corrected chi connectivity index (χ1v) is 8.15. The van der Waals surface area contributed by atoms with Gasteiger partial charge in [0.2, 0.25) is 0 Å². The average Bonchev–Trinajstić information content (AvgIpc) is 2.61. The highest BCUT2D eigenvalue weighted by atomic mass is 16.6. The molecule has 0 unspecified atom stereocenters. The van der Waals surface area contributed by atoms with Crippen LogP contribution in [0.5, 0.6) is 11.5 Å². The number of rotatable bonds is 5. The van der Waals surface area contributed by atoms with Gasteiger partial charge in [0.1, 0.15) is 13.2 Å². The fraction of sp³-hybridized carbons (Fsp3) is 0.500. The summed E-state index contributed by atoms with van der Waals surface area (Å²) in [6.45, 7) is 7.62. The molecule has 1 amide bonds. The van der Waals surface area contributed by atoms with E-state index >= 15 is 0 Å². The van der Waals surface area contributed by atoms with Crippen molar-refractivity contribution >= 4 is 5.91 Å². The van der Waals surface area contributed by atoms with Crippen LogP contribution in [0, 0.1) is 5.92 Å². The van der Waals surface area contributed by atoms with Crippen LogP contribution < -0.4 is 9.47 Å². The van der Waals surface area contributed by atoms with Crippen LogP contribution in [-0.2, 0) is 4.74 Å². The number of likely N-dealkylation sites (tertiary alicyclic amines) is 1. The largest absolute Gasteiger partial charge is 0.486 e. The monoisotopic (exact) mass is 317 g/mol. The zero-order valence-electron chi connectivity index (χ0n) is 13.3. The molecule has 0 spiro atoms. The van der Waals surface area contributed by atoms with Crippen molar-refractivity contribution in [3.05, 3.63) is 36.4 Å². The van der Waals surface area contributed by atoms with E-state index in [4.69, 9.17) is 14.2 Å². The molecule has 1 aromatic rings. The van der Waals surface area contributed by atoms with Crippen molar-refractivity contribution in [1.82, 2.24) is 4.90 Å². The summed E-state index contributed by atoms with van der Waals surface area (Å²) in [4.78, 5) is 14.5. The second-order valence-electron chi connectivity index (χ2n) is 5.92. The molecule has 0 saturated carbocycles. The number of carbonyl (C=O) groups excluding carboxylic acids is 1. The van der Waals surface area contributed by atoms with Gasteiger partial charge in [-0.25, -0.2) is 0 Å².